The highest BCUT2D eigenvalue weighted by atomic mass is 32.1. The molecule has 0 aliphatic carbocycles. The van der Waals surface area contributed by atoms with Crippen LogP contribution in [0.4, 0.5) is 5.69 Å². The Morgan fingerprint density at radius 1 is 1.45 bits per heavy atom. The molecule has 3 aromatic heterocycles. The minimum Gasteiger partial charge on any atom is -0.476 e. The Hall–Kier alpha value is -2.08. The molecule has 0 saturated heterocycles. The molecule has 0 spiro atoms. The standard InChI is InChI=1S/C14H16N4OS/c1-3-19-13-11(5-4-6-15-13)16-9-12-10(2)17-14-18(12)7-8-20-14/h4-8,16H,3,9H2,1-2H3. The van der Waals surface area contributed by atoms with E-state index in [2.05, 4.69) is 19.7 Å². The minimum absolute atomic E-state index is 0.603. The fourth-order valence-corrected chi connectivity index (χ4v) is 2.89. The Balaban J connectivity index is 1.83. The van der Waals surface area contributed by atoms with E-state index in [4.69, 9.17) is 4.74 Å². The topological polar surface area (TPSA) is 51.5 Å². The van der Waals surface area contributed by atoms with Gasteiger partial charge < -0.3 is 10.1 Å². The summed E-state index contributed by atoms with van der Waals surface area (Å²) in [6.45, 7) is 5.28. The third kappa shape index (κ3) is 2.34. The first-order chi connectivity index (χ1) is 9.79. The molecule has 3 aromatic rings. The number of ether oxygens (including phenoxy) is 1. The molecule has 0 aliphatic rings. The summed E-state index contributed by atoms with van der Waals surface area (Å²) in [6.07, 6.45) is 3.78. The largest absolute Gasteiger partial charge is 0.476 e. The molecule has 1 N–H and O–H groups in total. The number of anilines is 1. The molecule has 3 rings (SSSR count). The van der Waals surface area contributed by atoms with E-state index < -0.39 is 0 Å². The molecular weight excluding hydrogens is 272 g/mol. The average molecular weight is 288 g/mol. The van der Waals surface area contributed by atoms with Crippen molar-refractivity contribution >= 4 is 22.0 Å². The Morgan fingerprint density at radius 2 is 2.35 bits per heavy atom. The zero-order valence-corrected chi connectivity index (χ0v) is 12.3. The number of imidazole rings is 1. The molecular formula is C14H16N4OS. The second-order valence-corrected chi connectivity index (χ2v) is 5.22. The Labute approximate surface area is 121 Å². The first-order valence-electron chi connectivity index (χ1n) is 6.52. The lowest BCUT2D eigenvalue weighted by molar-refractivity contribution is 0.328. The van der Waals surface area contributed by atoms with Crippen molar-refractivity contribution in [2.45, 2.75) is 20.4 Å². The number of rotatable bonds is 5. The molecule has 6 heteroatoms. The van der Waals surface area contributed by atoms with Crippen molar-refractivity contribution in [2.24, 2.45) is 0 Å². The molecule has 5 nitrogen and oxygen atoms in total. The molecule has 20 heavy (non-hydrogen) atoms. The van der Waals surface area contributed by atoms with Gasteiger partial charge in [0.1, 0.15) is 0 Å². The van der Waals surface area contributed by atoms with Gasteiger partial charge in [-0.25, -0.2) is 9.97 Å². The van der Waals surface area contributed by atoms with E-state index >= 15 is 0 Å². The Morgan fingerprint density at radius 3 is 3.20 bits per heavy atom. The van der Waals surface area contributed by atoms with Crippen LogP contribution in [0.25, 0.3) is 4.96 Å². The molecule has 0 fully saturated rings. The van der Waals surface area contributed by atoms with E-state index in [1.807, 2.05) is 37.6 Å². The van der Waals surface area contributed by atoms with E-state index in [0.29, 0.717) is 19.0 Å². The van der Waals surface area contributed by atoms with Crippen LogP contribution in [-0.2, 0) is 6.54 Å². The number of nitrogens with one attached hydrogen (secondary N) is 1. The van der Waals surface area contributed by atoms with E-state index in [1.165, 1.54) is 0 Å². The van der Waals surface area contributed by atoms with E-state index in [0.717, 1.165) is 22.0 Å². The van der Waals surface area contributed by atoms with E-state index in [9.17, 15) is 0 Å². The van der Waals surface area contributed by atoms with Crippen LogP contribution >= 0.6 is 11.3 Å². The van der Waals surface area contributed by atoms with Crippen molar-refractivity contribution in [1.82, 2.24) is 14.4 Å². The maximum absolute atomic E-state index is 5.52. The smallest absolute Gasteiger partial charge is 0.237 e. The Bertz CT molecular complexity index is 719. The van der Waals surface area contributed by atoms with Crippen LogP contribution in [0, 0.1) is 6.92 Å². The predicted molar refractivity (Wildman–Crippen MR) is 80.5 cm³/mol. The van der Waals surface area contributed by atoms with Gasteiger partial charge in [-0.2, -0.15) is 0 Å². The van der Waals surface area contributed by atoms with Crippen LogP contribution in [0.15, 0.2) is 29.9 Å². The minimum atomic E-state index is 0.603. The van der Waals surface area contributed by atoms with Gasteiger partial charge in [0.2, 0.25) is 5.88 Å². The van der Waals surface area contributed by atoms with Crippen molar-refractivity contribution in [3.05, 3.63) is 41.3 Å². The first kappa shape index (κ1) is 12.9. The number of nitrogens with zero attached hydrogens (tertiary/aromatic N) is 3. The fourth-order valence-electron chi connectivity index (χ4n) is 2.11. The zero-order valence-electron chi connectivity index (χ0n) is 11.5. The van der Waals surface area contributed by atoms with Crippen LogP contribution < -0.4 is 10.1 Å². The second-order valence-electron chi connectivity index (χ2n) is 4.34. The molecule has 0 radical (unpaired) electrons. The molecule has 3 heterocycles. The van der Waals surface area contributed by atoms with Crippen LogP contribution in [0.5, 0.6) is 5.88 Å². The molecule has 0 amide bonds. The van der Waals surface area contributed by atoms with Gasteiger partial charge in [0.15, 0.2) is 4.96 Å². The average Bonchev–Trinajstić information content (AvgIpc) is 2.99. The lowest BCUT2D eigenvalue weighted by Crippen LogP contribution is -2.06. The summed E-state index contributed by atoms with van der Waals surface area (Å²) >= 11 is 1.64. The van der Waals surface area contributed by atoms with Gasteiger partial charge in [-0.15, -0.1) is 11.3 Å². The van der Waals surface area contributed by atoms with Crippen molar-refractivity contribution in [2.75, 3.05) is 11.9 Å². The van der Waals surface area contributed by atoms with Gasteiger partial charge in [0, 0.05) is 17.8 Å². The highest BCUT2D eigenvalue weighted by Gasteiger charge is 2.10. The quantitative estimate of drug-likeness (QED) is 0.783. The fraction of sp³-hybridized carbons (Fsp3) is 0.286. The third-order valence-electron chi connectivity index (χ3n) is 3.06. The summed E-state index contributed by atoms with van der Waals surface area (Å²) in [5.41, 5.74) is 3.11. The lowest BCUT2D eigenvalue weighted by atomic mass is 10.3. The molecule has 0 unspecified atom stereocenters. The van der Waals surface area contributed by atoms with Gasteiger partial charge >= 0.3 is 0 Å². The number of hydrogen-bond acceptors (Lipinski definition) is 5. The summed E-state index contributed by atoms with van der Waals surface area (Å²) in [7, 11) is 0. The van der Waals surface area contributed by atoms with Gasteiger partial charge in [-0.1, -0.05) is 0 Å². The van der Waals surface area contributed by atoms with E-state index in [1.54, 1.807) is 17.5 Å². The molecule has 0 aromatic carbocycles. The summed E-state index contributed by atoms with van der Waals surface area (Å²) in [6, 6.07) is 3.87. The SMILES string of the molecule is CCOc1ncccc1NCc1c(C)nc2sccn12. The van der Waals surface area contributed by atoms with Crippen molar-refractivity contribution in [3.8, 4) is 5.88 Å². The van der Waals surface area contributed by atoms with Crippen LogP contribution in [0.3, 0.4) is 0 Å². The summed E-state index contributed by atoms with van der Waals surface area (Å²) in [5.74, 6) is 0.638. The summed E-state index contributed by atoms with van der Waals surface area (Å²) < 4.78 is 7.63. The van der Waals surface area contributed by atoms with Crippen LogP contribution in [0.2, 0.25) is 0 Å². The van der Waals surface area contributed by atoms with E-state index in [-0.39, 0.29) is 0 Å². The Kier molecular flexibility index (Phi) is 3.56. The molecule has 0 bridgehead atoms. The molecule has 104 valence electrons. The highest BCUT2D eigenvalue weighted by molar-refractivity contribution is 7.15. The second kappa shape index (κ2) is 5.50. The first-order valence-corrected chi connectivity index (χ1v) is 7.40. The summed E-state index contributed by atoms with van der Waals surface area (Å²) in [5, 5.41) is 5.42. The van der Waals surface area contributed by atoms with Gasteiger partial charge in [-0.3, -0.25) is 4.40 Å². The monoisotopic (exact) mass is 288 g/mol. The maximum Gasteiger partial charge on any atom is 0.237 e. The maximum atomic E-state index is 5.52. The van der Waals surface area contributed by atoms with Crippen LogP contribution in [-0.4, -0.2) is 21.0 Å². The van der Waals surface area contributed by atoms with Crippen molar-refractivity contribution < 1.29 is 4.74 Å². The number of aromatic nitrogens is 3. The predicted octanol–water partition coefficient (Wildman–Crippen LogP) is 3.11. The third-order valence-corrected chi connectivity index (χ3v) is 3.82. The van der Waals surface area contributed by atoms with Crippen molar-refractivity contribution in [1.29, 1.82) is 0 Å². The lowest BCUT2D eigenvalue weighted by Gasteiger charge is -2.11. The molecule has 0 atom stereocenters. The number of pyridine rings is 1. The van der Waals surface area contributed by atoms with Gasteiger partial charge in [-0.05, 0) is 26.0 Å². The molecule has 0 aliphatic heterocycles. The number of fused-ring (bicyclic) bond motifs is 1. The van der Waals surface area contributed by atoms with Crippen LogP contribution in [0.1, 0.15) is 18.3 Å². The van der Waals surface area contributed by atoms with Crippen molar-refractivity contribution in [3.63, 3.8) is 0 Å². The number of aryl methyl sites for hydroxylation is 1. The van der Waals surface area contributed by atoms with Gasteiger partial charge in [0.05, 0.1) is 30.2 Å². The number of hydrogen-bond donors (Lipinski definition) is 1. The molecule has 0 saturated carbocycles. The van der Waals surface area contributed by atoms with Gasteiger partial charge in [0.25, 0.3) is 0 Å². The highest BCUT2D eigenvalue weighted by Crippen LogP contribution is 2.23. The summed E-state index contributed by atoms with van der Waals surface area (Å²) in [4.78, 5) is 9.80. The number of thiazole rings is 1. The normalized spacial score (nSPS) is 10.9. The zero-order chi connectivity index (χ0) is 13.9.